The van der Waals surface area contributed by atoms with Crippen LogP contribution in [0.15, 0.2) is 0 Å². The molecule has 0 aliphatic heterocycles. The number of carbonyl (C=O) groups excluding carboxylic acids is 1. The first kappa shape index (κ1) is 15.3. The second-order valence-electron chi connectivity index (χ2n) is 5.44. The number of hydrogen-bond donors (Lipinski definition) is 2. The van der Waals surface area contributed by atoms with Crippen molar-refractivity contribution in [2.45, 2.75) is 58.4 Å². The zero-order valence-corrected chi connectivity index (χ0v) is 12.2. The summed E-state index contributed by atoms with van der Waals surface area (Å²) >= 11 is 0. The summed E-state index contributed by atoms with van der Waals surface area (Å²) in [6, 6.07) is 0.0420. The average Bonchev–Trinajstić information content (AvgIpc) is 2.41. The fourth-order valence-electron chi connectivity index (χ4n) is 2.84. The summed E-state index contributed by atoms with van der Waals surface area (Å²) in [5.41, 5.74) is 5.76. The standard InChI is InChI=1S/C14H29N3O/c1-4-12-7-9-14(11-15,10-8-12)16-13(18)17(5-2)6-3/h12H,4-11,15H2,1-3H3,(H,16,18). The molecule has 106 valence electrons. The topological polar surface area (TPSA) is 58.4 Å². The molecule has 1 saturated carbocycles. The van der Waals surface area contributed by atoms with E-state index in [2.05, 4.69) is 12.2 Å². The van der Waals surface area contributed by atoms with Gasteiger partial charge in [0, 0.05) is 19.6 Å². The number of amides is 2. The molecule has 0 aromatic carbocycles. The fraction of sp³-hybridized carbons (Fsp3) is 0.929. The van der Waals surface area contributed by atoms with E-state index in [0.717, 1.165) is 31.8 Å². The van der Waals surface area contributed by atoms with Gasteiger partial charge in [-0.2, -0.15) is 0 Å². The van der Waals surface area contributed by atoms with Gasteiger partial charge in [-0.15, -0.1) is 0 Å². The lowest BCUT2D eigenvalue weighted by Gasteiger charge is -2.41. The monoisotopic (exact) mass is 255 g/mol. The van der Waals surface area contributed by atoms with E-state index in [1.165, 1.54) is 19.3 Å². The third kappa shape index (κ3) is 3.61. The first-order valence-electron chi connectivity index (χ1n) is 7.38. The Morgan fingerprint density at radius 2 is 1.83 bits per heavy atom. The molecule has 1 rings (SSSR count). The van der Waals surface area contributed by atoms with Crippen LogP contribution in [0.5, 0.6) is 0 Å². The molecule has 0 aromatic heterocycles. The van der Waals surface area contributed by atoms with Gasteiger partial charge in [0.2, 0.25) is 0 Å². The van der Waals surface area contributed by atoms with Gasteiger partial charge in [-0.3, -0.25) is 0 Å². The van der Waals surface area contributed by atoms with Gasteiger partial charge in [-0.1, -0.05) is 13.3 Å². The molecule has 0 aromatic rings. The predicted octanol–water partition coefficient (Wildman–Crippen LogP) is 2.34. The summed E-state index contributed by atoms with van der Waals surface area (Å²) in [6.07, 6.45) is 5.66. The van der Waals surface area contributed by atoms with E-state index in [1.54, 1.807) is 0 Å². The summed E-state index contributed by atoms with van der Waals surface area (Å²) in [5.74, 6) is 0.815. The van der Waals surface area contributed by atoms with Crippen molar-refractivity contribution >= 4 is 6.03 Å². The SMILES string of the molecule is CCC1CCC(CN)(NC(=O)N(CC)CC)CC1. The molecule has 4 nitrogen and oxygen atoms in total. The lowest BCUT2D eigenvalue weighted by molar-refractivity contribution is 0.159. The maximum Gasteiger partial charge on any atom is 0.317 e. The number of carbonyl (C=O) groups is 1. The Morgan fingerprint density at radius 3 is 2.22 bits per heavy atom. The molecular weight excluding hydrogens is 226 g/mol. The Hall–Kier alpha value is -0.770. The maximum absolute atomic E-state index is 12.1. The Labute approximate surface area is 111 Å². The van der Waals surface area contributed by atoms with Crippen LogP contribution in [-0.4, -0.2) is 36.1 Å². The lowest BCUT2D eigenvalue weighted by atomic mass is 9.75. The van der Waals surface area contributed by atoms with Crippen LogP contribution >= 0.6 is 0 Å². The molecular formula is C14H29N3O. The van der Waals surface area contributed by atoms with Crippen molar-refractivity contribution in [3.8, 4) is 0 Å². The van der Waals surface area contributed by atoms with Crippen LogP contribution in [0, 0.1) is 5.92 Å². The molecule has 0 unspecified atom stereocenters. The average molecular weight is 255 g/mol. The van der Waals surface area contributed by atoms with Gasteiger partial charge < -0.3 is 16.0 Å². The smallest absolute Gasteiger partial charge is 0.317 e. The van der Waals surface area contributed by atoms with Gasteiger partial charge >= 0.3 is 6.03 Å². The molecule has 1 aliphatic rings. The highest BCUT2D eigenvalue weighted by Crippen LogP contribution is 2.33. The van der Waals surface area contributed by atoms with Crippen molar-refractivity contribution < 1.29 is 4.79 Å². The highest BCUT2D eigenvalue weighted by Gasteiger charge is 2.35. The zero-order chi connectivity index (χ0) is 13.6. The Bertz CT molecular complexity index is 256. The van der Waals surface area contributed by atoms with Gasteiger partial charge in [-0.05, 0) is 45.4 Å². The van der Waals surface area contributed by atoms with Crippen LogP contribution in [0.3, 0.4) is 0 Å². The number of nitrogens with zero attached hydrogens (tertiary/aromatic N) is 1. The molecule has 3 N–H and O–H groups in total. The fourth-order valence-corrected chi connectivity index (χ4v) is 2.84. The van der Waals surface area contributed by atoms with Crippen molar-refractivity contribution in [3.05, 3.63) is 0 Å². The molecule has 0 radical (unpaired) electrons. The van der Waals surface area contributed by atoms with Crippen molar-refractivity contribution in [2.24, 2.45) is 11.7 Å². The summed E-state index contributed by atoms with van der Waals surface area (Å²) in [5, 5.41) is 3.19. The molecule has 0 heterocycles. The molecule has 4 heteroatoms. The van der Waals surface area contributed by atoms with Crippen molar-refractivity contribution in [1.29, 1.82) is 0 Å². The van der Waals surface area contributed by atoms with Crippen LogP contribution in [-0.2, 0) is 0 Å². The summed E-state index contributed by atoms with van der Waals surface area (Å²) in [7, 11) is 0. The lowest BCUT2D eigenvalue weighted by Crippen LogP contribution is -2.58. The molecule has 0 spiro atoms. The molecule has 0 bridgehead atoms. The molecule has 0 atom stereocenters. The predicted molar refractivity (Wildman–Crippen MR) is 75.5 cm³/mol. The minimum atomic E-state index is -0.161. The number of nitrogens with one attached hydrogen (secondary N) is 1. The second kappa shape index (κ2) is 6.98. The number of urea groups is 1. The highest BCUT2D eigenvalue weighted by atomic mass is 16.2. The first-order chi connectivity index (χ1) is 8.60. The minimum Gasteiger partial charge on any atom is -0.331 e. The Balaban J connectivity index is 2.58. The van der Waals surface area contributed by atoms with Crippen LogP contribution in [0.25, 0.3) is 0 Å². The number of hydrogen-bond acceptors (Lipinski definition) is 2. The van der Waals surface area contributed by atoms with Crippen LogP contribution in [0.4, 0.5) is 4.79 Å². The Kier molecular flexibility index (Phi) is 5.93. The zero-order valence-electron chi connectivity index (χ0n) is 12.2. The number of nitrogens with two attached hydrogens (primary N) is 1. The first-order valence-corrected chi connectivity index (χ1v) is 7.38. The van der Waals surface area contributed by atoms with Gasteiger partial charge in [-0.25, -0.2) is 4.79 Å². The van der Waals surface area contributed by atoms with E-state index >= 15 is 0 Å². The van der Waals surface area contributed by atoms with Gasteiger partial charge in [0.25, 0.3) is 0 Å². The quantitative estimate of drug-likeness (QED) is 0.792. The molecule has 0 saturated heterocycles. The van der Waals surface area contributed by atoms with E-state index in [9.17, 15) is 4.79 Å². The minimum absolute atomic E-state index is 0.0420. The van der Waals surface area contributed by atoms with E-state index in [0.29, 0.717) is 6.54 Å². The molecule has 2 amide bonds. The third-order valence-electron chi connectivity index (χ3n) is 4.45. The van der Waals surface area contributed by atoms with E-state index in [1.807, 2.05) is 18.7 Å². The molecule has 1 aliphatic carbocycles. The molecule has 1 fully saturated rings. The summed E-state index contributed by atoms with van der Waals surface area (Å²) < 4.78 is 0. The van der Waals surface area contributed by atoms with Gasteiger partial charge in [0.15, 0.2) is 0 Å². The summed E-state index contributed by atoms with van der Waals surface area (Å²) in [4.78, 5) is 14.0. The van der Waals surface area contributed by atoms with Gasteiger partial charge in [0.1, 0.15) is 0 Å². The normalized spacial score (nSPS) is 27.9. The number of rotatable bonds is 5. The van der Waals surface area contributed by atoms with E-state index in [4.69, 9.17) is 5.73 Å². The second-order valence-corrected chi connectivity index (χ2v) is 5.44. The Morgan fingerprint density at radius 1 is 1.28 bits per heavy atom. The van der Waals surface area contributed by atoms with E-state index in [-0.39, 0.29) is 11.6 Å². The third-order valence-corrected chi connectivity index (χ3v) is 4.45. The largest absolute Gasteiger partial charge is 0.331 e. The molecule has 18 heavy (non-hydrogen) atoms. The van der Waals surface area contributed by atoms with Crippen LogP contribution in [0.2, 0.25) is 0 Å². The van der Waals surface area contributed by atoms with Crippen LogP contribution < -0.4 is 11.1 Å². The summed E-state index contributed by atoms with van der Waals surface area (Å²) in [6.45, 7) is 8.31. The maximum atomic E-state index is 12.1. The highest BCUT2D eigenvalue weighted by molar-refractivity contribution is 5.75. The van der Waals surface area contributed by atoms with E-state index < -0.39 is 0 Å². The van der Waals surface area contributed by atoms with Crippen molar-refractivity contribution in [3.63, 3.8) is 0 Å². The van der Waals surface area contributed by atoms with Gasteiger partial charge in [0.05, 0.1) is 5.54 Å². The van der Waals surface area contributed by atoms with Crippen molar-refractivity contribution in [2.75, 3.05) is 19.6 Å². The van der Waals surface area contributed by atoms with Crippen molar-refractivity contribution in [1.82, 2.24) is 10.2 Å². The van der Waals surface area contributed by atoms with Crippen LogP contribution in [0.1, 0.15) is 52.9 Å².